The monoisotopic (exact) mass is 369 g/mol. The van der Waals surface area contributed by atoms with Crippen LogP contribution in [0.4, 0.5) is 16.2 Å². The average molecular weight is 369 g/mol. The van der Waals surface area contributed by atoms with Gasteiger partial charge in [0.15, 0.2) is 5.65 Å². The van der Waals surface area contributed by atoms with Crippen molar-refractivity contribution in [3.63, 3.8) is 0 Å². The molecule has 8 nitrogen and oxygen atoms in total. The fourth-order valence-electron chi connectivity index (χ4n) is 2.93. The number of fused-ring (bicyclic) bond motifs is 1. The maximum absolute atomic E-state index is 12.5. The SMILES string of the molecule is CSc1ccc(NC(=O)N2CCN(c3cnn4cnnc4c3)CC2)cc1. The van der Waals surface area contributed by atoms with E-state index in [1.165, 1.54) is 4.90 Å². The highest BCUT2D eigenvalue weighted by Gasteiger charge is 2.22. The van der Waals surface area contributed by atoms with Crippen LogP contribution in [0.5, 0.6) is 0 Å². The molecule has 1 fully saturated rings. The standard InChI is InChI=1S/C17H19N7OS/c1-26-15-4-2-13(3-5-15)20-17(25)23-8-6-22(7-9-23)14-10-16-21-18-12-24(16)19-11-14/h2-5,10-12H,6-9H2,1H3,(H,20,25). The van der Waals surface area contributed by atoms with Gasteiger partial charge in [-0.2, -0.15) is 5.10 Å². The van der Waals surface area contributed by atoms with Crippen LogP contribution >= 0.6 is 11.8 Å². The summed E-state index contributed by atoms with van der Waals surface area (Å²) in [6.07, 6.45) is 5.41. The normalized spacial score (nSPS) is 14.7. The number of carbonyl (C=O) groups excluding carboxylic acids is 1. The van der Waals surface area contributed by atoms with E-state index in [4.69, 9.17) is 0 Å². The van der Waals surface area contributed by atoms with Crippen molar-refractivity contribution in [3.8, 4) is 0 Å². The maximum Gasteiger partial charge on any atom is 0.321 e. The summed E-state index contributed by atoms with van der Waals surface area (Å²) in [4.78, 5) is 17.7. The molecule has 0 atom stereocenters. The lowest BCUT2D eigenvalue weighted by atomic mass is 10.3. The Morgan fingerprint density at radius 3 is 2.65 bits per heavy atom. The van der Waals surface area contributed by atoms with E-state index in [9.17, 15) is 4.79 Å². The van der Waals surface area contributed by atoms with E-state index in [1.807, 2.05) is 41.5 Å². The quantitative estimate of drug-likeness (QED) is 0.713. The van der Waals surface area contributed by atoms with Gasteiger partial charge in [0, 0.05) is 42.8 Å². The smallest absolute Gasteiger partial charge is 0.321 e. The Bertz CT molecular complexity index is 903. The van der Waals surface area contributed by atoms with Crippen molar-refractivity contribution in [2.75, 3.05) is 42.7 Å². The highest BCUT2D eigenvalue weighted by molar-refractivity contribution is 7.98. The van der Waals surface area contributed by atoms with Gasteiger partial charge in [0.2, 0.25) is 0 Å². The molecule has 0 radical (unpaired) electrons. The Morgan fingerprint density at radius 1 is 1.15 bits per heavy atom. The number of carbonyl (C=O) groups is 1. The van der Waals surface area contributed by atoms with Crippen LogP contribution in [-0.4, -0.2) is 63.2 Å². The molecule has 9 heteroatoms. The van der Waals surface area contributed by atoms with E-state index < -0.39 is 0 Å². The highest BCUT2D eigenvalue weighted by atomic mass is 32.2. The number of benzene rings is 1. The van der Waals surface area contributed by atoms with Crippen LogP contribution in [0.3, 0.4) is 0 Å². The van der Waals surface area contributed by atoms with Crippen molar-refractivity contribution in [2.24, 2.45) is 0 Å². The zero-order valence-electron chi connectivity index (χ0n) is 14.4. The number of hydrogen-bond donors (Lipinski definition) is 1. The van der Waals surface area contributed by atoms with Gasteiger partial charge in [0.05, 0.1) is 11.9 Å². The van der Waals surface area contributed by atoms with Gasteiger partial charge in [-0.15, -0.1) is 22.0 Å². The number of hydrogen-bond acceptors (Lipinski definition) is 6. The van der Waals surface area contributed by atoms with E-state index in [1.54, 1.807) is 28.8 Å². The summed E-state index contributed by atoms with van der Waals surface area (Å²) in [5, 5.41) is 15.1. The average Bonchev–Trinajstić information content (AvgIpc) is 3.16. The molecular formula is C17H19N7OS. The zero-order chi connectivity index (χ0) is 17.9. The topological polar surface area (TPSA) is 78.7 Å². The van der Waals surface area contributed by atoms with Crippen molar-refractivity contribution in [1.29, 1.82) is 0 Å². The molecule has 2 amide bonds. The van der Waals surface area contributed by atoms with Crippen molar-refractivity contribution in [1.82, 2.24) is 24.7 Å². The Kier molecular flexibility index (Phi) is 4.61. The molecule has 26 heavy (non-hydrogen) atoms. The van der Waals surface area contributed by atoms with Gasteiger partial charge >= 0.3 is 6.03 Å². The first-order valence-corrected chi connectivity index (χ1v) is 9.56. The largest absolute Gasteiger partial charge is 0.367 e. The molecule has 1 aliphatic heterocycles. The summed E-state index contributed by atoms with van der Waals surface area (Å²) in [6.45, 7) is 2.83. The van der Waals surface area contributed by atoms with Crippen LogP contribution in [0.15, 0.2) is 47.8 Å². The molecule has 2 aromatic heterocycles. The fourth-order valence-corrected chi connectivity index (χ4v) is 3.34. The third kappa shape index (κ3) is 3.43. The number of nitrogens with one attached hydrogen (secondary N) is 1. The van der Waals surface area contributed by atoms with Crippen LogP contribution in [0, 0.1) is 0 Å². The van der Waals surface area contributed by atoms with Crippen molar-refractivity contribution in [3.05, 3.63) is 42.9 Å². The summed E-state index contributed by atoms with van der Waals surface area (Å²) in [5.74, 6) is 0. The van der Waals surface area contributed by atoms with Gasteiger partial charge in [0.25, 0.3) is 0 Å². The van der Waals surface area contributed by atoms with Crippen molar-refractivity contribution in [2.45, 2.75) is 4.90 Å². The number of urea groups is 1. The number of aromatic nitrogens is 4. The molecule has 1 N–H and O–H groups in total. The first kappa shape index (κ1) is 16.6. The van der Waals surface area contributed by atoms with Gasteiger partial charge in [-0.1, -0.05) is 0 Å². The molecule has 134 valence electrons. The van der Waals surface area contributed by atoms with Gasteiger partial charge in [-0.05, 0) is 30.5 Å². The first-order valence-electron chi connectivity index (χ1n) is 8.34. The number of anilines is 2. The molecule has 0 saturated carbocycles. The minimum atomic E-state index is -0.0624. The first-order chi connectivity index (χ1) is 12.7. The van der Waals surface area contributed by atoms with Gasteiger partial charge < -0.3 is 15.1 Å². The van der Waals surface area contributed by atoms with Crippen molar-refractivity contribution < 1.29 is 4.79 Å². The molecule has 0 unspecified atom stereocenters. The Labute approximate surface area is 155 Å². The summed E-state index contributed by atoms with van der Waals surface area (Å²) in [6, 6.07) is 9.77. The molecule has 1 aliphatic rings. The fraction of sp³-hybridized carbons (Fsp3) is 0.294. The molecule has 0 aliphatic carbocycles. The molecule has 0 bridgehead atoms. The number of amides is 2. The van der Waals surface area contributed by atoms with Crippen LogP contribution < -0.4 is 10.2 Å². The predicted octanol–water partition coefficient (Wildman–Crippen LogP) is 2.20. The number of piperazine rings is 1. The minimum absolute atomic E-state index is 0.0624. The number of nitrogens with zero attached hydrogens (tertiary/aromatic N) is 6. The summed E-state index contributed by atoms with van der Waals surface area (Å²) in [5.41, 5.74) is 2.53. The summed E-state index contributed by atoms with van der Waals surface area (Å²) < 4.78 is 1.63. The molecule has 3 aromatic rings. The highest BCUT2D eigenvalue weighted by Crippen LogP contribution is 2.19. The van der Waals surface area contributed by atoms with E-state index in [0.717, 1.165) is 30.1 Å². The van der Waals surface area contributed by atoms with Gasteiger partial charge in [0.1, 0.15) is 6.33 Å². The second-order valence-electron chi connectivity index (χ2n) is 5.98. The van der Waals surface area contributed by atoms with Gasteiger partial charge in [-0.3, -0.25) is 0 Å². The lowest BCUT2D eigenvalue weighted by Crippen LogP contribution is -2.50. The third-order valence-corrected chi connectivity index (χ3v) is 5.16. The summed E-state index contributed by atoms with van der Waals surface area (Å²) >= 11 is 1.68. The van der Waals surface area contributed by atoms with Crippen LogP contribution in [-0.2, 0) is 0 Å². The minimum Gasteiger partial charge on any atom is -0.367 e. The number of rotatable bonds is 3. The lowest BCUT2D eigenvalue weighted by Gasteiger charge is -2.35. The molecule has 0 spiro atoms. The van der Waals surface area contributed by atoms with Crippen LogP contribution in [0.2, 0.25) is 0 Å². The van der Waals surface area contributed by atoms with E-state index in [-0.39, 0.29) is 6.03 Å². The maximum atomic E-state index is 12.5. The summed E-state index contributed by atoms with van der Waals surface area (Å²) in [7, 11) is 0. The Balaban J connectivity index is 1.35. The Hall–Kier alpha value is -2.81. The van der Waals surface area contributed by atoms with Crippen LogP contribution in [0.25, 0.3) is 5.65 Å². The van der Waals surface area contributed by atoms with Crippen molar-refractivity contribution >= 4 is 34.8 Å². The van der Waals surface area contributed by atoms with E-state index in [0.29, 0.717) is 13.1 Å². The van der Waals surface area contributed by atoms with Gasteiger partial charge in [-0.25, -0.2) is 9.31 Å². The van der Waals surface area contributed by atoms with E-state index >= 15 is 0 Å². The molecule has 3 heterocycles. The zero-order valence-corrected chi connectivity index (χ0v) is 15.2. The second kappa shape index (κ2) is 7.20. The van der Waals surface area contributed by atoms with E-state index in [2.05, 4.69) is 25.5 Å². The second-order valence-corrected chi connectivity index (χ2v) is 6.86. The molecular weight excluding hydrogens is 350 g/mol. The molecule has 1 saturated heterocycles. The molecule has 4 rings (SSSR count). The Morgan fingerprint density at radius 2 is 1.92 bits per heavy atom. The number of thioether (sulfide) groups is 1. The predicted molar refractivity (Wildman–Crippen MR) is 102 cm³/mol. The molecule has 1 aromatic carbocycles. The van der Waals surface area contributed by atoms with Crippen LogP contribution in [0.1, 0.15) is 0 Å². The third-order valence-electron chi connectivity index (χ3n) is 4.42. The lowest BCUT2D eigenvalue weighted by molar-refractivity contribution is 0.208.